The summed E-state index contributed by atoms with van der Waals surface area (Å²) in [5.74, 6) is 0.344. The van der Waals surface area contributed by atoms with Crippen molar-refractivity contribution in [3.8, 4) is 6.07 Å². The highest BCUT2D eigenvalue weighted by molar-refractivity contribution is 5.53. The second-order valence-corrected chi connectivity index (χ2v) is 5.03. The summed E-state index contributed by atoms with van der Waals surface area (Å²) in [5, 5.41) is 9.21. The van der Waals surface area contributed by atoms with Crippen LogP contribution < -0.4 is 16.1 Å². The number of ether oxygens (including phenoxy) is 1. The molecule has 7 nitrogen and oxygen atoms in total. The zero-order valence-electron chi connectivity index (χ0n) is 11.9. The van der Waals surface area contributed by atoms with Crippen LogP contribution in [0, 0.1) is 11.3 Å². The van der Waals surface area contributed by atoms with Gasteiger partial charge >= 0.3 is 5.69 Å². The monoisotopic (exact) mass is 278 g/mol. The van der Waals surface area contributed by atoms with E-state index in [1.807, 2.05) is 6.07 Å². The summed E-state index contributed by atoms with van der Waals surface area (Å²) in [5.41, 5.74) is -1.02. The first-order chi connectivity index (χ1) is 9.47. The second kappa shape index (κ2) is 5.51. The van der Waals surface area contributed by atoms with Crippen LogP contribution in [0.25, 0.3) is 0 Å². The van der Waals surface area contributed by atoms with Gasteiger partial charge in [0.05, 0.1) is 6.10 Å². The summed E-state index contributed by atoms with van der Waals surface area (Å²) in [6.07, 6.45) is 2.04. The van der Waals surface area contributed by atoms with Crippen molar-refractivity contribution in [1.29, 1.82) is 5.26 Å². The lowest BCUT2D eigenvalue weighted by atomic mass is 10.2. The normalized spacial score (nSPS) is 18.0. The van der Waals surface area contributed by atoms with Gasteiger partial charge in [-0.15, -0.1) is 0 Å². The minimum Gasteiger partial charge on any atom is -0.376 e. The zero-order valence-corrected chi connectivity index (χ0v) is 11.9. The van der Waals surface area contributed by atoms with Crippen LogP contribution in [0.5, 0.6) is 0 Å². The van der Waals surface area contributed by atoms with Crippen LogP contribution in [0.2, 0.25) is 0 Å². The average Bonchev–Trinajstić information content (AvgIpc) is 2.92. The molecule has 0 unspecified atom stereocenters. The molecule has 2 heterocycles. The smallest absolute Gasteiger partial charge is 0.332 e. The Morgan fingerprint density at radius 3 is 2.65 bits per heavy atom. The number of nitrogens with zero attached hydrogens (tertiary/aromatic N) is 4. The third-order valence-electron chi connectivity index (χ3n) is 3.61. The van der Waals surface area contributed by atoms with Crippen molar-refractivity contribution >= 4 is 5.82 Å². The van der Waals surface area contributed by atoms with E-state index in [9.17, 15) is 14.9 Å². The number of anilines is 1. The van der Waals surface area contributed by atoms with Crippen molar-refractivity contribution in [3.63, 3.8) is 0 Å². The molecule has 0 saturated carbocycles. The van der Waals surface area contributed by atoms with Crippen LogP contribution in [0.1, 0.15) is 18.4 Å². The molecule has 1 saturated heterocycles. The average molecular weight is 278 g/mol. The Hall–Kier alpha value is -2.07. The maximum atomic E-state index is 12.0. The molecule has 0 spiro atoms. The van der Waals surface area contributed by atoms with E-state index in [1.54, 1.807) is 19.0 Å². The minimum absolute atomic E-state index is 0.0184. The maximum absolute atomic E-state index is 12.0. The van der Waals surface area contributed by atoms with Crippen LogP contribution in [-0.4, -0.2) is 35.4 Å². The van der Waals surface area contributed by atoms with Crippen LogP contribution in [0.15, 0.2) is 9.59 Å². The lowest BCUT2D eigenvalue weighted by Gasteiger charge is -2.25. The predicted molar refractivity (Wildman–Crippen MR) is 73.9 cm³/mol. The van der Waals surface area contributed by atoms with Crippen LogP contribution in [-0.2, 0) is 18.8 Å². The van der Waals surface area contributed by atoms with E-state index in [4.69, 9.17) is 4.74 Å². The molecule has 0 N–H and O–H groups in total. The molecule has 1 aliphatic rings. The van der Waals surface area contributed by atoms with Gasteiger partial charge in [-0.2, -0.15) is 5.26 Å². The van der Waals surface area contributed by atoms with Gasteiger partial charge in [0.15, 0.2) is 5.56 Å². The summed E-state index contributed by atoms with van der Waals surface area (Å²) < 4.78 is 7.82. The van der Waals surface area contributed by atoms with Crippen molar-refractivity contribution in [2.75, 3.05) is 25.1 Å². The molecule has 0 aliphatic carbocycles. The second-order valence-electron chi connectivity index (χ2n) is 5.03. The van der Waals surface area contributed by atoms with Crippen LogP contribution in [0.4, 0.5) is 5.82 Å². The lowest BCUT2D eigenvalue weighted by molar-refractivity contribution is 0.116. The molecule has 0 aromatic carbocycles. The Morgan fingerprint density at radius 2 is 2.10 bits per heavy atom. The fraction of sp³-hybridized carbons (Fsp3) is 0.615. The highest BCUT2D eigenvalue weighted by Gasteiger charge is 2.23. The van der Waals surface area contributed by atoms with E-state index in [0.717, 1.165) is 24.0 Å². The minimum atomic E-state index is -0.565. The summed E-state index contributed by atoms with van der Waals surface area (Å²) in [4.78, 5) is 25.7. The Labute approximate surface area is 116 Å². The van der Waals surface area contributed by atoms with Crippen LogP contribution in [0.3, 0.4) is 0 Å². The Balaban J connectivity index is 2.47. The maximum Gasteiger partial charge on any atom is 0.332 e. The number of rotatable bonds is 3. The zero-order chi connectivity index (χ0) is 14.9. The van der Waals surface area contributed by atoms with E-state index >= 15 is 0 Å². The Morgan fingerprint density at radius 1 is 1.40 bits per heavy atom. The number of nitriles is 1. The van der Waals surface area contributed by atoms with E-state index in [0.29, 0.717) is 12.4 Å². The highest BCUT2D eigenvalue weighted by atomic mass is 16.5. The van der Waals surface area contributed by atoms with Gasteiger partial charge in [-0.1, -0.05) is 0 Å². The highest BCUT2D eigenvalue weighted by Crippen LogP contribution is 2.18. The fourth-order valence-corrected chi connectivity index (χ4v) is 2.56. The SMILES string of the molecule is CN(C[C@H]1CCCO1)c1c(C#N)c(=O)n(C)c(=O)n1C. The summed E-state index contributed by atoms with van der Waals surface area (Å²) in [6.45, 7) is 1.29. The van der Waals surface area contributed by atoms with E-state index < -0.39 is 11.2 Å². The summed E-state index contributed by atoms with van der Waals surface area (Å²) >= 11 is 0. The van der Waals surface area contributed by atoms with Gasteiger partial charge in [0, 0.05) is 34.3 Å². The van der Waals surface area contributed by atoms with Gasteiger partial charge in [0.25, 0.3) is 5.56 Å². The number of hydrogen-bond acceptors (Lipinski definition) is 5. The van der Waals surface area contributed by atoms with Crippen LogP contribution >= 0.6 is 0 Å². The largest absolute Gasteiger partial charge is 0.376 e. The molecule has 2 rings (SSSR count). The summed E-state index contributed by atoms with van der Waals surface area (Å²) in [6, 6.07) is 1.90. The first-order valence-corrected chi connectivity index (χ1v) is 6.50. The molecule has 0 radical (unpaired) electrons. The van der Waals surface area contributed by atoms with E-state index in [1.165, 1.54) is 11.6 Å². The standard InChI is InChI=1S/C13H18N4O3/c1-15(8-9-5-4-6-20-9)11-10(7-14)12(18)17(3)13(19)16(11)2/h9H,4-6,8H2,1-3H3/t9-/m1/s1. The third-order valence-corrected chi connectivity index (χ3v) is 3.61. The summed E-state index contributed by atoms with van der Waals surface area (Å²) in [7, 11) is 4.69. The van der Waals surface area contributed by atoms with Gasteiger partial charge in [0.2, 0.25) is 0 Å². The molecule has 0 amide bonds. The Kier molecular flexibility index (Phi) is 3.95. The van der Waals surface area contributed by atoms with Gasteiger partial charge in [0.1, 0.15) is 11.9 Å². The first-order valence-electron chi connectivity index (χ1n) is 6.50. The molecule has 1 aliphatic heterocycles. The van der Waals surface area contributed by atoms with Gasteiger partial charge in [-0.3, -0.25) is 13.9 Å². The van der Waals surface area contributed by atoms with Gasteiger partial charge in [-0.05, 0) is 12.8 Å². The molecule has 1 aromatic rings. The third kappa shape index (κ3) is 2.34. The Bertz CT molecular complexity index is 662. The molecule has 1 fully saturated rings. The molecule has 0 bridgehead atoms. The number of aromatic nitrogens is 2. The van der Waals surface area contributed by atoms with Crippen molar-refractivity contribution in [1.82, 2.24) is 9.13 Å². The first kappa shape index (κ1) is 14.3. The molecule has 20 heavy (non-hydrogen) atoms. The number of hydrogen-bond donors (Lipinski definition) is 0. The van der Waals surface area contributed by atoms with E-state index in [-0.39, 0.29) is 11.7 Å². The molecule has 1 aromatic heterocycles. The molecule has 108 valence electrons. The predicted octanol–water partition coefficient (Wildman–Crippen LogP) is -0.429. The molecular formula is C13H18N4O3. The van der Waals surface area contributed by atoms with Crippen molar-refractivity contribution in [2.24, 2.45) is 14.1 Å². The topological polar surface area (TPSA) is 80.3 Å². The molecule has 7 heteroatoms. The van der Waals surface area contributed by atoms with Crippen molar-refractivity contribution < 1.29 is 4.74 Å². The lowest BCUT2D eigenvalue weighted by Crippen LogP contribution is -2.43. The molecule has 1 atom stereocenters. The van der Waals surface area contributed by atoms with Crippen molar-refractivity contribution in [2.45, 2.75) is 18.9 Å². The van der Waals surface area contributed by atoms with Gasteiger partial charge < -0.3 is 9.64 Å². The number of likely N-dealkylation sites (N-methyl/N-ethyl adjacent to an activating group) is 1. The fourth-order valence-electron chi connectivity index (χ4n) is 2.56. The van der Waals surface area contributed by atoms with Crippen molar-refractivity contribution in [3.05, 3.63) is 26.4 Å². The quantitative estimate of drug-likeness (QED) is 0.749. The van der Waals surface area contributed by atoms with E-state index in [2.05, 4.69) is 0 Å². The van der Waals surface area contributed by atoms with Gasteiger partial charge in [-0.25, -0.2) is 4.79 Å². The molecular weight excluding hydrogens is 260 g/mol.